The lowest BCUT2D eigenvalue weighted by atomic mass is 10.0. The summed E-state index contributed by atoms with van der Waals surface area (Å²) in [6.07, 6.45) is 0. The molecule has 31 heavy (non-hydrogen) atoms. The minimum Gasteiger partial charge on any atom is -0.496 e. The number of nitrogens with zero attached hydrogens (tertiary/aromatic N) is 3. The van der Waals surface area contributed by atoms with Crippen LogP contribution < -0.4 is 10.4 Å². The van der Waals surface area contributed by atoms with Crippen molar-refractivity contribution in [3.8, 4) is 17.1 Å². The van der Waals surface area contributed by atoms with Crippen LogP contribution in [0, 0.1) is 0 Å². The van der Waals surface area contributed by atoms with Crippen LogP contribution >= 0.6 is 11.8 Å². The van der Waals surface area contributed by atoms with Crippen LogP contribution in [0.4, 0.5) is 0 Å². The Balaban J connectivity index is 1.53. The highest BCUT2D eigenvalue weighted by atomic mass is 32.2. The van der Waals surface area contributed by atoms with Gasteiger partial charge in [-0.3, -0.25) is 0 Å². The molecule has 2 heterocycles. The lowest BCUT2D eigenvalue weighted by Gasteiger charge is -2.09. The summed E-state index contributed by atoms with van der Waals surface area (Å²) in [7, 11) is 3.57. The molecular formula is C24H19N3O3S. The zero-order valence-corrected chi connectivity index (χ0v) is 17.8. The highest BCUT2D eigenvalue weighted by Gasteiger charge is 2.16. The molecule has 0 aliphatic rings. The van der Waals surface area contributed by atoms with Crippen LogP contribution in [-0.2, 0) is 12.8 Å². The summed E-state index contributed by atoms with van der Waals surface area (Å²) in [4.78, 5) is 12.2. The van der Waals surface area contributed by atoms with Gasteiger partial charge < -0.3 is 13.7 Å². The molecule has 5 rings (SSSR count). The molecule has 0 spiro atoms. The Morgan fingerprint density at radius 2 is 1.84 bits per heavy atom. The van der Waals surface area contributed by atoms with Crippen LogP contribution in [0.2, 0.25) is 0 Å². The van der Waals surface area contributed by atoms with E-state index in [2.05, 4.69) is 16.3 Å². The molecule has 7 heteroatoms. The minimum absolute atomic E-state index is 0.356. The Bertz CT molecular complexity index is 1470. The molecule has 6 nitrogen and oxygen atoms in total. The molecule has 0 saturated heterocycles. The zero-order valence-electron chi connectivity index (χ0n) is 17.0. The third-order valence-electron chi connectivity index (χ3n) is 5.25. The van der Waals surface area contributed by atoms with Crippen LogP contribution in [0.15, 0.2) is 81.1 Å². The number of hydrogen-bond acceptors (Lipinski definition) is 6. The number of ether oxygens (including phenoxy) is 1. The van der Waals surface area contributed by atoms with Crippen molar-refractivity contribution in [3.63, 3.8) is 0 Å². The molecule has 3 aromatic carbocycles. The predicted octanol–water partition coefficient (Wildman–Crippen LogP) is 5.04. The van der Waals surface area contributed by atoms with Gasteiger partial charge in [0.2, 0.25) is 0 Å². The first-order valence-electron chi connectivity index (χ1n) is 9.76. The first-order valence-corrected chi connectivity index (χ1v) is 10.7. The number of aromatic nitrogens is 3. The second-order valence-corrected chi connectivity index (χ2v) is 8.05. The van der Waals surface area contributed by atoms with Crippen LogP contribution in [-0.4, -0.2) is 21.9 Å². The SMILES string of the molecule is COc1ccccc1-c1nnc(SCc2cc(=O)oc3ccc4ccccc4c23)n1C. The number of fused-ring (bicyclic) bond motifs is 3. The largest absolute Gasteiger partial charge is 0.496 e. The monoisotopic (exact) mass is 429 g/mol. The van der Waals surface area contributed by atoms with E-state index in [0.29, 0.717) is 11.3 Å². The quantitative estimate of drug-likeness (QED) is 0.221. The molecule has 0 radical (unpaired) electrons. The van der Waals surface area contributed by atoms with E-state index in [9.17, 15) is 4.79 Å². The van der Waals surface area contributed by atoms with Gasteiger partial charge in [0.25, 0.3) is 0 Å². The van der Waals surface area contributed by atoms with E-state index < -0.39 is 0 Å². The van der Waals surface area contributed by atoms with Crippen molar-refractivity contribution in [2.75, 3.05) is 7.11 Å². The van der Waals surface area contributed by atoms with Crippen molar-refractivity contribution in [2.24, 2.45) is 7.05 Å². The van der Waals surface area contributed by atoms with Crippen molar-refractivity contribution in [3.05, 3.63) is 82.7 Å². The number of benzene rings is 3. The fourth-order valence-corrected chi connectivity index (χ4v) is 4.67. The highest BCUT2D eigenvalue weighted by Crippen LogP contribution is 2.33. The molecule has 0 N–H and O–H groups in total. The Labute approximate surface area is 182 Å². The molecular weight excluding hydrogens is 410 g/mol. The molecule has 0 aliphatic heterocycles. The summed E-state index contributed by atoms with van der Waals surface area (Å²) < 4.78 is 12.9. The summed E-state index contributed by atoms with van der Waals surface area (Å²) in [5.74, 6) is 2.03. The van der Waals surface area contributed by atoms with Gasteiger partial charge in [0.1, 0.15) is 11.3 Å². The van der Waals surface area contributed by atoms with E-state index in [4.69, 9.17) is 9.15 Å². The molecule has 0 saturated carbocycles. The average molecular weight is 430 g/mol. The molecule has 5 aromatic rings. The van der Waals surface area contributed by atoms with Crippen LogP contribution in [0.25, 0.3) is 33.1 Å². The van der Waals surface area contributed by atoms with Gasteiger partial charge in [0.05, 0.1) is 12.7 Å². The average Bonchev–Trinajstić information content (AvgIpc) is 3.17. The van der Waals surface area contributed by atoms with Crippen LogP contribution in [0.5, 0.6) is 5.75 Å². The number of rotatable bonds is 5. The summed E-state index contributed by atoms with van der Waals surface area (Å²) in [5, 5.41) is 12.6. The van der Waals surface area contributed by atoms with Gasteiger partial charge in [0, 0.05) is 24.3 Å². The summed E-state index contributed by atoms with van der Waals surface area (Å²) in [6.45, 7) is 0. The van der Waals surface area contributed by atoms with Crippen LogP contribution in [0.1, 0.15) is 5.56 Å². The molecule has 2 aromatic heterocycles. The summed E-state index contributed by atoms with van der Waals surface area (Å²) in [6, 6.07) is 21.2. The van der Waals surface area contributed by atoms with Gasteiger partial charge in [-0.25, -0.2) is 4.79 Å². The van der Waals surface area contributed by atoms with Gasteiger partial charge in [-0.05, 0) is 34.5 Å². The van der Waals surface area contributed by atoms with Gasteiger partial charge in [-0.15, -0.1) is 10.2 Å². The van der Waals surface area contributed by atoms with Crippen molar-refractivity contribution >= 4 is 33.5 Å². The molecule has 0 fully saturated rings. The third-order valence-corrected chi connectivity index (χ3v) is 6.32. The van der Waals surface area contributed by atoms with Gasteiger partial charge in [0.15, 0.2) is 11.0 Å². The van der Waals surface area contributed by atoms with Gasteiger partial charge in [-0.2, -0.15) is 0 Å². The number of para-hydroxylation sites is 1. The Kier molecular flexibility index (Phi) is 4.95. The maximum atomic E-state index is 12.2. The molecule has 154 valence electrons. The molecule has 0 unspecified atom stereocenters. The Hall–Kier alpha value is -3.58. The van der Waals surface area contributed by atoms with E-state index in [0.717, 1.165) is 44.0 Å². The fraction of sp³-hybridized carbons (Fsp3) is 0.125. The molecule has 0 atom stereocenters. The fourth-order valence-electron chi connectivity index (χ4n) is 3.78. The molecule has 0 bridgehead atoms. The zero-order chi connectivity index (χ0) is 21.4. The van der Waals surface area contributed by atoms with Crippen molar-refractivity contribution in [1.82, 2.24) is 14.8 Å². The summed E-state index contributed by atoms with van der Waals surface area (Å²) >= 11 is 1.53. The Morgan fingerprint density at radius 1 is 1.03 bits per heavy atom. The third kappa shape index (κ3) is 3.47. The number of thioether (sulfide) groups is 1. The van der Waals surface area contributed by atoms with Gasteiger partial charge in [-0.1, -0.05) is 54.2 Å². The smallest absolute Gasteiger partial charge is 0.336 e. The first-order chi connectivity index (χ1) is 15.2. The number of methoxy groups -OCH3 is 1. The Morgan fingerprint density at radius 3 is 2.71 bits per heavy atom. The van der Waals surface area contributed by atoms with Crippen molar-refractivity contribution in [1.29, 1.82) is 0 Å². The van der Waals surface area contributed by atoms with E-state index >= 15 is 0 Å². The van der Waals surface area contributed by atoms with E-state index in [-0.39, 0.29) is 5.63 Å². The van der Waals surface area contributed by atoms with Gasteiger partial charge >= 0.3 is 5.63 Å². The van der Waals surface area contributed by atoms with E-state index in [1.165, 1.54) is 11.8 Å². The topological polar surface area (TPSA) is 70.2 Å². The van der Waals surface area contributed by atoms with Crippen molar-refractivity contribution in [2.45, 2.75) is 10.9 Å². The van der Waals surface area contributed by atoms with E-state index in [1.807, 2.05) is 66.2 Å². The normalized spacial score (nSPS) is 11.3. The van der Waals surface area contributed by atoms with Crippen molar-refractivity contribution < 1.29 is 9.15 Å². The minimum atomic E-state index is -0.356. The first kappa shape index (κ1) is 19.4. The maximum Gasteiger partial charge on any atom is 0.336 e. The second-order valence-electron chi connectivity index (χ2n) is 7.10. The molecule has 0 aliphatic carbocycles. The molecule has 0 amide bonds. The lowest BCUT2D eigenvalue weighted by molar-refractivity contribution is 0.416. The van der Waals surface area contributed by atoms with Crippen LogP contribution in [0.3, 0.4) is 0 Å². The predicted molar refractivity (Wildman–Crippen MR) is 123 cm³/mol. The standard InChI is InChI=1S/C24H19N3O3S/c1-27-23(18-9-5-6-10-19(18)29-2)25-26-24(27)31-14-16-13-21(28)30-20-12-11-15-7-3-4-8-17(15)22(16)20/h3-13H,14H2,1-2H3. The second kappa shape index (κ2) is 7.92. The number of hydrogen-bond donors (Lipinski definition) is 0. The maximum absolute atomic E-state index is 12.2. The van der Waals surface area contributed by atoms with E-state index in [1.54, 1.807) is 13.2 Å². The summed E-state index contributed by atoms with van der Waals surface area (Å²) in [5.41, 5.74) is 2.03. The highest BCUT2D eigenvalue weighted by molar-refractivity contribution is 7.98. The lowest BCUT2D eigenvalue weighted by Crippen LogP contribution is -2.01.